The van der Waals surface area contributed by atoms with E-state index in [0.717, 1.165) is 32.1 Å². The average Bonchev–Trinajstić information content (AvgIpc) is 3.23. The number of unbranched alkanes of at least 4 members (excludes halogenated alkanes) is 37. The zero-order valence-electron chi connectivity index (χ0n) is 42.1. The number of phosphoric ester groups is 1. The summed E-state index contributed by atoms with van der Waals surface area (Å²) in [5.74, 6) is -0.172. The lowest BCUT2D eigenvalue weighted by Crippen LogP contribution is -2.45. The number of carbonyl (C=O) groups is 1. The van der Waals surface area contributed by atoms with Gasteiger partial charge in [0.05, 0.1) is 39.9 Å². The molecule has 0 aromatic carbocycles. The molecule has 1 amide bonds. The van der Waals surface area contributed by atoms with Gasteiger partial charge in [0.2, 0.25) is 5.91 Å². The van der Waals surface area contributed by atoms with Gasteiger partial charge in [-0.25, -0.2) is 4.57 Å². The van der Waals surface area contributed by atoms with Crippen LogP contribution in [0.3, 0.4) is 0 Å². The lowest BCUT2D eigenvalue weighted by molar-refractivity contribution is -0.870. The normalized spacial score (nSPS) is 14.1. The Hall–Kier alpha value is -0.760. The van der Waals surface area contributed by atoms with Crippen LogP contribution in [0.2, 0.25) is 0 Å². The topological polar surface area (TPSA) is 105 Å². The number of quaternary nitrogens is 1. The fourth-order valence-corrected chi connectivity index (χ4v) is 8.96. The monoisotopic (exact) mass is 900 g/mol. The molecule has 9 heteroatoms. The number of amides is 1. The maximum absolute atomic E-state index is 12.9. The summed E-state index contributed by atoms with van der Waals surface area (Å²) in [7, 11) is 1.59. The van der Waals surface area contributed by atoms with E-state index in [1.165, 1.54) is 218 Å². The van der Waals surface area contributed by atoms with E-state index in [4.69, 9.17) is 9.05 Å². The second-order valence-corrected chi connectivity index (χ2v) is 21.4. The van der Waals surface area contributed by atoms with Crippen molar-refractivity contribution in [1.29, 1.82) is 0 Å². The number of phosphoric acid groups is 1. The summed E-state index contributed by atoms with van der Waals surface area (Å²) in [5.41, 5.74) is 0. The van der Waals surface area contributed by atoms with Crippen molar-refractivity contribution in [2.24, 2.45) is 0 Å². The number of carbonyl (C=O) groups excluding carboxylic acids is 1. The standard InChI is InChI=1S/C53H107N2O6P/c1-6-8-10-12-14-16-18-20-22-23-24-25-26-27-28-29-30-31-33-34-36-38-40-42-44-46-52(56)51(50-61-62(58,59)60-49-48-55(3,4)5)54-53(57)47-45-43-41-39-37-35-32-21-19-17-15-13-11-9-7-2/h44,46,51-52,56H,6-43,45,47-50H2,1-5H3,(H-,54,57,58,59)/p+1/b46-44+. The van der Waals surface area contributed by atoms with Crippen LogP contribution in [-0.4, -0.2) is 73.4 Å². The van der Waals surface area contributed by atoms with Gasteiger partial charge in [0.15, 0.2) is 0 Å². The van der Waals surface area contributed by atoms with Gasteiger partial charge >= 0.3 is 7.82 Å². The highest BCUT2D eigenvalue weighted by atomic mass is 31.2. The molecule has 0 aliphatic heterocycles. The van der Waals surface area contributed by atoms with Crippen LogP contribution in [0.4, 0.5) is 0 Å². The molecule has 0 aromatic rings. The Morgan fingerprint density at radius 2 is 0.855 bits per heavy atom. The highest BCUT2D eigenvalue weighted by molar-refractivity contribution is 7.47. The molecule has 0 fully saturated rings. The Bertz CT molecular complexity index is 1020. The summed E-state index contributed by atoms with van der Waals surface area (Å²) >= 11 is 0. The van der Waals surface area contributed by atoms with Crippen LogP contribution < -0.4 is 5.32 Å². The summed E-state index contributed by atoms with van der Waals surface area (Å²) in [4.78, 5) is 23.2. The fourth-order valence-electron chi connectivity index (χ4n) is 8.22. The molecule has 0 radical (unpaired) electrons. The van der Waals surface area contributed by atoms with Gasteiger partial charge in [0.25, 0.3) is 0 Å². The van der Waals surface area contributed by atoms with E-state index in [1.807, 2.05) is 27.2 Å². The third kappa shape index (κ3) is 47.2. The first-order chi connectivity index (χ1) is 30.0. The highest BCUT2D eigenvalue weighted by Crippen LogP contribution is 2.43. The van der Waals surface area contributed by atoms with Crippen LogP contribution in [-0.2, 0) is 18.4 Å². The highest BCUT2D eigenvalue weighted by Gasteiger charge is 2.27. The number of hydrogen-bond donors (Lipinski definition) is 3. The Morgan fingerprint density at radius 3 is 1.19 bits per heavy atom. The number of aliphatic hydroxyl groups is 1. The predicted molar refractivity (Wildman–Crippen MR) is 268 cm³/mol. The van der Waals surface area contributed by atoms with Crippen molar-refractivity contribution in [3.8, 4) is 0 Å². The van der Waals surface area contributed by atoms with E-state index >= 15 is 0 Å². The van der Waals surface area contributed by atoms with E-state index < -0.39 is 20.0 Å². The second-order valence-electron chi connectivity index (χ2n) is 20.0. The van der Waals surface area contributed by atoms with Gasteiger partial charge in [-0.05, 0) is 19.3 Å². The second kappa shape index (κ2) is 45.4. The number of nitrogens with one attached hydrogen (secondary N) is 1. The van der Waals surface area contributed by atoms with Crippen LogP contribution in [0.15, 0.2) is 12.2 Å². The minimum Gasteiger partial charge on any atom is -0.387 e. The van der Waals surface area contributed by atoms with Crippen molar-refractivity contribution in [3.63, 3.8) is 0 Å². The van der Waals surface area contributed by atoms with Crippen molar-refractivity contribution >= 4 is 13.7 Å². The summed E-state index contributed by atoms with van der Waals surface area (Å²) in [5, 5.41) is 13.9. The van der Waals surface area contributed by atoms with Crippen LogP contribution in [0.25, 0.3) is 0 Å². The van der Waals surface area contributed by atoms with Gasteiger partial charge in [-0.3, -0.25) is 13.8 Å². The van der Waals surface area contributed by atoms with E-state index in [2.05, 4.69) is 19.2 Å². The van der Waals surface area contributed by atoms with Crippen LogP contribution in [0.1, 0.15) is 271 Å². The predicted octanol–water partition coefficient (Wildman–Crippen LogP) is 15.9. The molecule has 0 saturated carbocycles. The van der Waals surface area contributed by atoms with Crippen molar-refractivity contribution in [2.45, 2.75) is 283 Å². The molecule has 3 atom stereocenters. The molecule has 3 N–H and O–H groups in total. The molecule has 3 unspecified atom stereocenters. The molecule has 0 rings (SSSR count). The van der Waals surface area contributed by atoms with E-state index in [1.54, 1.807) is 6.08 Å². The van der Waals surface area contributed by atoms with Crippen LogP contribution >= 0.6 is 7.82 Å². The minimum atomic E-state index is -4.34. The van der Waals surface area contributed by atoms with Crippen molar-refractivity contribution in [3.05, 3.63) is 12.2 Å². The first kappa shape index (κ1) is 61.2. The molecule has 0 aliphatic carbocycles. The number of likely N-dealkylation sites (N-methyl/N-ethyl adjacent to an activating group) is 1. The molecule has 0 heterocycles. The number of hydrogen-bond acceptors (Lipinski definition) is 5. The number of aliphatic hydroxyl groups excluding tert-OH is 1. The van der Waals surface area contributed by atoms with Gasteiger partial charge in [-0.1, -0.05) is 257 Å². The van der Waals surface area contributed by atoms with Crippen molar-refractivity contribution in [2.75, 3.05) is 40.9 Å². The van der Waals surface area contributed by atoms with Gasteiger partial charge in [0.1, 0.15) is 13.2 Å². The average molecular weight is 900 g/mol. The van der Waals surface area contributed by atoms with E-state index in [0.29, 0.717) is 17.4 Å². The number of allylic oxidation sites excluding steroid dienone is 1. The Kier molecular flexibility index (Phi) is 44.8. The van der Waals surface area contributed by atoms with Crippen molar-refractivity contribution in [1.82, 2.24) is 5.32 Å². The Morgan fingerprint density at radius 1 is 0.532 bits per heavy atom. The van der Waals surface area contributed by atoms with Crippen molar-refractivity contribution < 1.29 is 32.9 Å². The molecule has 370 valence electrons. The third-order valence-corrected chi connectivity index (χ3v) is 13.5. The summed E-state index contributed by atoms with van der Waals surface area (Å²) in [6.07, 6.45) is 54.4. The third-order valence-electron chi connectivity index (χ3n) is 12.5. The van der Waals surface area contributed by atoms with Gasteiger partial charge in [-0.15, -0.1) is 0 Å². The minimum absolute atomic E-state index is 0.0650. The zero-order valence-corrected chi connectivity index (χ0v) is 43.0. The maximum Gasteiger partial charge on any atom is 0.472 e. The summed E-state index contributed by atoms with van der Waals surface area (Å²) in [6, 6.07) is -0.841. The van der Waals surface area contributed by atoms with Crippen LogP contribution in [0, 0.1) is 0 Å². The lowest BCUT2D eigenvalue weighted by atomic mass is 10.0. The van der Waals surface area contributed by atoms with Crippen LogP contribution in [0.5, 0.6) is 0 Å². The smallest absolute Gasteiger partial charge is 0.387 e. The maximum atomic E-state index is 12.9. The first-order valence-corrected chi connectivity index (χ1v) is 28.6. The molecular weight excluding hydrogens is 792 g/mol. The molecule has 8 nitrogen and oxygen atoms in total. The first-order valence-electron chi connectivity index (χ1n) is 27.1. The molecule has 0 aromatic heterocycles. The van der Waals surface area contributed by atoms with Gasteiger partial charge in [-0.2, -0.15) is 0 Å². The largest absolute Gasteiger partial charge is 0.472 e. The number of rotatable bonds is 50. The fraction of sp³-hybridized carbons (Fsp3) is 0.943. The Labute approximate surface area is 386 Å². The molecule has 62 heavy (non-hydrogen) atoms. The van der Waals surface area contributed by atoms with E-state index in [-0.39, 0.29) is 19.1 Å². The molecule has 0 bridgehead atoms. The molecule has 0 aliphatic rings. The quantitative estimate of drug-likeness (QED) is 0.0243. The molecule has 0 saturated heterocycles. The molecule has 0 spiro atoms. The molecular formula is C53H108N2O6P+. The number of nitrogens with zero attached hydrogens (tertiary/aromatic N) is 1. The summed E-state index contributed by atoms with van der Waals surface area (Å²) in [6.45, 7) is 4.85. The van der Waals surface area contributed by atoms with Gasteiger partial charge < -0.3 is 19.8 Å². The SMILES string of the molecule is CCCCCCCCCCCCCCCCCCCCCCCCC/C=C/C(O)C(COP(=O)(O)OCC[N+](C)(C)C)NC(=O)CCCCCCCCCCCCCCCCC. The summed E-state index contributed by atoms with van der Waals surface area (Å²) < 4.78 is 23.7. The van der Waals surface area contributed by atoms with Gasteiger partial charge in [0, 0.05) is 6.42 Å². The Balaban J connectivity index is 4.20. The lowest BCUT2D eigenvalue weighted by Gasteiger charge is -2.25. The zero-order chi connectivity index (χ0) is 45.7. The van der Waals surface area contributed by atoms with E-state index in [9.17, 15) is 19.4 Å².